The van der Waals surface area contributed by atoms with Crippen molar-refractivity contribution >= 4 is 18.0 Å². The number of aliphatic carboxylic acids is 1. The molecule has 180 valence electrons. The number of hydrogen-bond acceptors (Lipinski definition) is 5. The number of fused-ring (bicyclic) bond motifs is 3. The smallest absolute Gasteiger partial charge is 0.407 e. The minimum Gasteiger partial charge on any atom is -0.480 e. The lowest BCUT2D eigenvalue weighted by Crippen LogP contribution is -2.52. The highest BCUT2D eigenvalue weighted by Gasteiger charge is 2.35. The summed E-state index contributed by atoms with van der Waals surface area (Å²) in [7, 11) is 0. The third-order valence-electron chi connectivity index (χ3n) is 6.78. The van der Waals surface area contributed by atoms with Gasteiger partial charge in [-0.15, -0.1) is 0 Å². The van der Waals surface area contributed by atoms with E-state index in [1.54, 1.807) is 0 Å². The van der Waals surface area contributed by atoms with E-state index in [1.807, 2.05) is 36.4 Å². The molecule has 0 aromatic heterocycles. The fourth-order valence-electron chi connectivity index (χ4n) is 5.07. The Bertz CT molecular complexity index is 1010. The van der Waals surface area contributed by atoms with Crippen LogP contribution in [0.25, 0.3) is 11.1 Å². The molecule has 0 spiro atoms. The third-order valence-corrected chi connectivity index (χ3v) is 6.78. The largest absolute Gasteiger partial charge is 0.480 e. The van der Waals surface area contributed by atoms with Crippen LogP contribution in [-0.2, 0) is 14.3 Å². The highest BCUT2D eigenvalue weighted by Crippen LogP contribution is 2.44. The van der Waals surface area contributed by atoms with Crippen LogP contribution in [0.1, 0.15) is 49.1 Å². The number of nitrogens with one attached hydrogen (secondary N) is 2. The lowest BCUT2D eigenvalue weighted by Gasteiger charge is -2.31. The van der Waals surface area contributed by atoms with Crippen LogP contribution >= 0.6 is 0 Å². The molecule has 0 radical (unpaired) electrons. The number of benzene rings is 2. The third kappa shape index (κ3) is 5.07. The number of hydrogen-bond donors (Lipinski definition) is 4. The average molecular weight is 467 g/mol. The van der Waals surface area contributed by atoms with E-state index >= 15 is 0 Å². The molecule has 0 unspecified atom stereocenters. The van der Waals surface area contributed by atoms with Gasteiger partial charge in [0.15, 0.2) is 0 Å². The number of carboxylic acids is 1. The number of carbonyl (C=O) groups is 3. The topological polar surface area (TPSA) is 125 Å². The molecule has 2 aromatic rings. The van der Waals surface area contributed by atoms with Crippen molar-refractivity contribution in [3.63, 3.8) is 0 Å². The summed E-state index contributed by atoms with van der Waals surface area (Å²) in [5, 5.41) is 23.7. The molecule has 2 amide bonds. The second-order valence-corrected chi connectivity index (χ2v) is 8.88. The van der Waals surface area contributed by atoms with Crippen molar-refractivity contribution in [1.82, 2.24) is 10.6 Å². The fraction of sp³-hybridized carbons (Fsp3) is 0.423. The van der Waals surface area contributed by atoms with Crippen molar-refractivity contribution < 1.29 is 29.3 Å². The molecule has 2 aliphatic rings. The lowest BCUT2D eigenvalue weighted by molar-refractivity contribution is -0.143. The van der Waals surface area contributed by atoms with Crippen molar-refractivity contribution in [2.45, 2.75) is 50.1 Å². The normalized spacial score (nSPS) is 20.0. The summed E-state index contributed by atoms with van der Waals surface area (Å²) in [5.74, 6) is -2.23. The Morgan fingerprint density at radius 2 is 1.59 bits per heavy atom. The Balaban J connectivity index is 1.38. The van der Waals surface area contributed by atoms with E-state index in [9.17, 15) is 19.5 Å². The van der Waals surface area contributed by atoms with Crippen LogP contribution < -0.4 is 10.6 Å². The first-order valence-corrected chi connectivity index (χ1v) is 11.7. The number of aliphatic hydroxyl groups excluding tert-OH is 1. The van der Waals surface area contributed by atoms with E-state index in [0.29, 0.717) is 12.8 Å². The van der Waals surface area contributed by atoms with Gasteiger partial charge in [-0.1, -0.05) is 61.4 Å². The molecule has 34 heavy (non-hydrogen) atoms. The van der Waals surface area contributed by atoms with Crippen LogP contribution in [0.3, 0.4) is 0 Å². The minimum absolute atomic E-state index is 0.0570. The van der Waals surface area contributed by atoms with E-state index in [-0.39, 0.29) is 25.6 Å². The summed E-state index contributed by atoms with van der Waals surface area (Å²) in [5.41, 5.74) is 4.53. The second kappa shape index (κ2) is 10.7. The van der Waals surface area contributed by atoms with Gasteiger partial charge in [0.25, 0.3) is 0 Å². The van der Waals surface area contributed by atoms with Crippen molar-refractivity contribution in [3.05, 3.63) is 59.7 Å². The van der Waals surface area contributed by atoms with Gasteiger partial charge in [-0.05, 0) is 35.1 Å². The zero-order valence-electron chi connectivity index (χ0n) is 18.9. The Kier molecular flexibility index (Phi) is 7.47. The molecule has 1 fully saturated rings. The Labute approximate surface area is 198 Å². The van der Waals surface area contributed by atoms with Gasteiger partial charge in [0.2, 0.25) is 5.91 Å². The van der Waals surface area contributed by atoms with Gasteiger partial charge in [0.05, 0.1) is 5.92 Å². The first-order valence-electron chi connectivity index (χ1n) is 11.7. The summed E-state index contributed by atoms with van der Waals surface area (Å²) < 4.78 is 5.62. The predicted molar refractivity (Wildman–Crippen MR) is 125 cm³/mol. The molecule has 1 saturated carbocycles. The van der Waals surface area contributed by atoms with Crippen LogP contribution in [-0.4, -0.2) is 53.5 Å². The Hall–Kier alpha value is -3.39. The van der Waals surface area contributed by atoms with Gasteiger partial charge in [-0.2, -0.15) is 0 Å². The summed E-state index contributed by atoms with van der Waals surface area (Å²) in [6.45, 7) is -0.162. The number of aliphatic hydroxyl groups is 1. The van der Waals surface area contributed by atoms with Gasteiger partial charge in [-0.3, -0.25) is 4.79 Å². The lowest BCUT2D eigenvalue weighted by atomic mass is 9.83. The van der Waals surface area contributed by atoms with Crippen molar-refractivity contribution in [3.8, 4) is 11.1 Å². The van der Waals surface area contributed by atoms with Gasteiger partial charge >= 0.3 is 12.1 Å². The molecular weight excluding hydrogens is 436 g/mol. The van der Waals surface area contributed by atoms with Gasteiger partial charge in [-0.25, -0.2) is 9.59 Å². The summed E-state index contributed by atoms with van der Waals surface area (Å²) >= 11 is 0. The Morgan fingerprint density at radius 1 is 0.971 bits per heavy atom. The summed E-state index contributed by atoms with van der Waals surface area (Å²) in [6, 6.07) is 14.6. The first-order chi connectivity index (χ1) is 16.5. The minimum atomic E-state index is -1.20. The van der Waals surface area contributed by atoms with Crippen molar-refractivity contribution in [2.24, 2.45) is 5.92 Å². The van der Waals surface area contributed by atoms with Gasteiger partial charge in [0.1, 0.15) is 12.6 Å². The molecule has 0 bridgehead atoms. The highest BCUT2D eigenvalue weighted by molar-refractivity contribution is 5.86. The van der Waals surface area contributed by atoms with Gasteiger partial charge in [0, 0.05) is 25.0 Å². The first kappa shape index (κ1) is 23.8. The van der Waals surface area contributed by atoms with Crippen LogP contribution in [0.4, 0.5) is 4.79 Å². The van der Waals surface area contributed by atoms with Crippen molar-refractivity contribution in [1.29, 1.82) is 0 Å². The zero-order valence-corrected chi connectivity index (χ0v) is 18.9. The zero-order chi connectivity index (χ0) is 24.1. The van der Waals surface area contributed by atoms with E-state index in [2.05, 4.69) is 22.8 Å². The molecule has 2 aliphatic carbocycles. The predicted octanol–water partition coefficient (Wildman–Crippen LogP) is 3.04. The van der Waals surface area contributed by atoms with Crippen LogP contribution in [0.5, 0.6) is 0 Å². The monoisotopic (exact) mass is 466 g/mol. The van der Waals surface area contributed by atoms with E-state index in [1.165, 1.54) is 0 Å². The maximum Gasteiger partial charge on any atom is 0.407 e. The number of carbonyl (C=O) groups excluding carboxylic acids is 2. The second-order valence-electron chi connectivity index (χ2n) is 8.88. The summed E-state index contributed by atoms with van der Waals surface area (Å²) in [4.78, 5) is 36.8. The summed E-state index contributed by atoms with van der Waals surface area (Å²) in [6.07, 6.45) is 2.18. The maximum absolute atomic E-state index is 12.8. The molecule has 8 heteroatoms. The maximum atomic E-state index is 12.8. The van der Waals surface area contributed by atoms with E-state index in [4.69, 9.17) is 9.84 Å². The molecule has 0 saturated heterocycles. The van der Waals surface area contributed by atoms with Crippen LogP contribution in [0, 0.1) is 5.92 Å². The molecule has 3 atom stereocenters. The molecule has 0 aliphatic heterocycles. The quantitative estimate of drug-likeness (QED) is 0.474. The van der Waals surface area contributed by atoms with Crippen LogP contribution in [0.15, 0.2) is 48.5 Å². The van der Waals surface area contributed by atoms with Gasteiger partial charge < -0.3 is 25.6 Å². The number of alkyl carbamates (subject to hydrolysis) is 1. The SMILES string of the molecule is O=C(N[C@H]1CCCC[C@H]1C(=O)N[C@@H](CCO)C(=O)O)OCC1c2ccccc2-c2ccccc21. The van der Waals surface area contributed by atoms with E-state index < -0.39 is 36.0 Å². The fourth-order valence-corrected chi connectivity index (χ4v) is 5.07. The Morgan fingerprint density at radius 3 is 2.21 bits per heavy atom. The van der Waals surface area contributed by atoms with E-state index in [0.717, 1.165) is 35.1 Å². The van der Waals surface area contributed by atoms with Crippen LogP contribution in [0.2, 0.25) is 0 Å². The number of ether oxygens (including phenoxy) is 1. The molecule has 2 aromatic carbocycles. The molecule has 4 rings (SSSR count). The molecule has 8 nitrogen and oxygen atoms in total. The molecular formula is C26H30N2O6. The molecule has 4 N–H and O–H groups in total. The average Bonchev–Trinajstić information content (AvgIpc) is 3.16. The number of rotatable bonds is 8. The number of carboxylic acid groups (broad SMARTS) is 1. The van der Waals surface area contributed by atoms with Crippen molar-refractivity contribution in [2.75, 3.05) is 13.2 Å². The highest BCUT2D eigenvalue weighted by atomic mass is 16.5. The standard InChI is InChI=1S/C26H30N2O6/c29-14-13-23(25(31)32)27-24(30)20-11-5-6-12-22(20)28-26(33)34-15-21-18-9-3-1-7-16(18)17-8-2-4-10-19(17)21/h1-4,7-10,20-23,29H,5-6,11-15H2,(H,27,30)(H,28,33)(H,31,32)/t20-,22+,23+/m1/s1. The number of amides is 2. The molecule has 0 heterocycles.